The lowest BCUT2D eigenvalue weighted by Crippen LogP contribution is -2.12. The molecule has 0 amide bonds. The first-order valence-corrected chi connectivity index (χ1v) is 7.25. The summed E-state index contributed by atoms with van der Waals surface area (Å²) >= 11 is 6.77. The maximum absolute atomic E-state index is 7.60. The number of nitrogens with one attached hydrogen (secondary N) is 1. The van der Waals surface area contributed by atoms with Gasteiger partial charge in [-0.1, -0.05) is 15.9 Å². The van der Waals surface area contributed by atoms with Gasteiger partial charge in [-0.05, 0) is 52.3 Å². The van der Waals surface area contributed by atoms with Gasteiger partial charge in [-0.3, -0.25) is 5.41 Å². The molecule has 0 unspecified atom stereocenters. The summed E-state index contributed by atoms with van der Waals surface area (Å²) in [6, 6.07) is 10.7. The van der Waals surface area contributed by atoms with Crippen LogP contribution in [0.25, 0.3) is 0 Å². The minimum absolute atomic E-state index is 0.0501. The van der Waals surface area contributed by atoms with Gasteiger partial charge in [0, 0.05) is 4.47 Å². The summed E-state index contributed by atoms with van der Waals surface area (Å²) in [5.74, 6) is 1.82. The highest BCUT2D eigenvalue weighted by molar-refractivity contribution is 9.10. The van der Waals surface area contributed by atoms with Gasteiger partial charge in [-0.15, -0.1) is 0 Å². The summed E-state index contributed by atoms with van der Waals surface area (Å²) in [6.07, 6.45) is 0. The highest BCUT2D eigenvalue weighted by atomic mass is 79.9. The number of amidine groups is 1. The first-order valence-electron chi connectivity index (χ1n) is 5.66. The van der Waals surface area contributed by atoms with Crippen molar-refractivity contribution in [2.75, 3.05) is 7.11 Å². The average Bonchev–Trinajstić information content (AvgIpc) is 2.42. The summed E-state index contributed by atoms with van der Waals surface area (Å²) in [7, 11) is 1.60. The van der Waals surface area contributed by atoms with Crippen molar-refractivity contribution >= 4 is 37.7 Å². The fourth-order valence-corrected chi connectivity index (χ4v) is 2.41. The molecular formula is C14H12Br2N2O2. The van der Waals surface area contributed by atoms with Crippen LogP contribution in [0.15, 0.2) is 45.3 Å². The normalized spacial score (nSPS) is 10.2. The molecule has 0 atom stereocenters. The Morgan fingerprint density at radius 2 is 1.80 bits per heavy atom. The second kappa shape index (κ2) is 6.28. The standard InChI is InChI=1S/C14H12Br2N2O2/c1-19-9-3-5-13(11(16)7-9)20-12-4-2-8(15)6-10(12)14(17)18/h2-7H,1H3,(H3,17,18). The molecule has 4 nitrogen and oxygen atoms in total. The summed E-state index contributed by atoms with van der Waals surface area (Å²) in [5, 5.41) is 7.60. The van der Waals surface area contributed by atoms with Crippen molar-refractivity contribution < 1.29 is 9.47 Å². The van der Waals surface area contributed by atoms with Crippen molar-refractivity contribution in [2.45, 2.75) is 0 Å². The average molecular weight is 400 g/mol. The zero-order valence-corrected chi connectivity index (χ0v) is 13.8. The third-order valence-electron chi connectivity index (χ3n) is 2.59. The SMILES string of the molecule is COc1ccc(Oc2ccc(Br)cc2C(=N)N)c(Br)c1. The largest absolute Gasteiger partial charge is 0.497 e. The molecule has 0 spiro atoms. The van der Waals surface area contributed by atoms with Gasteiger partial charge in [0.25, 0.3) is 0 Å². The third kappa shape index (κ3) is 3.32. The minimum Gasteiger partial charge on any atom is -0.497 e. The molecule has 0 heterocycles. The fraction of sp³-hybridized carbons (Fsp3) is 0.0714. The molecule has 6 heteroatoms. The van der Waals surface area contributed by atoms with E-state index in [0.29, 0.717) is 17.1 Å². The highest BCUT2D eigenvalue weighted by Gasteiger charge is 2.11. The van der Waals surface area contributed by atoms with Gasteiger partial charge in [0.1, 0.15) is 23.1 Å². The number of ether oxygens (including phenoxy) is 2. The van der Waals surface area contributed by atoms with E-state index in [0.717, 1.165) is 14.7 Å². The van der Waals surface area contributed by atoms with Gasteiger partial charge in [0.2, 0.25) is 0 Å². The number of methoxy groups -OCH3 is 1. The van der Waals surface area contributed by atoms with Crippen molar-refractivity contribution in [1.82, 2.24) is 0 Å². The van der Waals surface area contributed by atoms with E-state index in [1.54, 1.807) is 31.4 Å². The Morgan fingerprint density at radius 1 is 1.10 bits per heavy atom. The molecule has 0 radical (unpaired) electrons. The van der Waals surface area contributed by atoms with Gasteiger partial charge in [0.05, 0.1) is 17.1 Å². The Bertz CT molecular complexity index is 660. The number of rotatable bonds is 4. The third-order valence-corrected chi connectivity index (χ3v) is 3.70. The van der Waals surface area contributed by atoms with E-state index in [1.165, 1.54) is 0 Å². The maximum Gasteiger partial charge on any atom is 0.141 e. The number of halogens is 2. The second-order valence-electron chi connectivity index (χ2n) is 3.95. The van der Waals surface area contributed by atoms with Crippen molar-refractivity contribution in [3.8, 4) is 17.2 Å². The number of hydrogen-bond donors (Lipinski definition) is 2. The minimum atomic E-state index is -0.0501. The van der Waals surface area contributed by atoms with Crippen LogP contribution >= 0.6 is 31.9 Å². The van der Waals surface area contributed by atoms with Crippen LogP contribution in [0.2, 0.25) is 0 Å². The van der Waals surface area contributed by atoms with Crippen molar-refractivity contribution in [2.24, 2.45) is 5.73 Å². The van der Waals surface area contributed by atoms with Crippen LogP contribution in [-0.4, -0.2) is 12.9 Å². The molecule has 0 bridgehead atoms. The lowest BCUT2D eigenvalue weighted by molar-refractivity contribution is 0.412. The van der Waals surface area contributed by atoms with Crippen LogP contribution in [0.5, 0.6) is 17.2 Å². The van der Waals surface area contributed by atoms with Crippen molar-refractivity contribution in [3.63, 3.8) is 0 Å². The Balaban J connectivity index is 2.37. The zero-order valence-electron chi connectivity index (χ0n) is 10.6. The van der Waals surface area contributed by atoms with Crippen LogP contribution < -0.4 is 15.2 Å². The second-order valence-corrected chi connectivity index (χ2v) is 5.72. The summed E-state index contributed by atoms with van der Waals surface area (Å²) in [4.78, 5) is 0. The molecule has 104 valence electrons. The van der Waals surface area contributed by atoms with Gasteiger partial charge in [0.15, 0.2) is 0 Å². The van der Waals surface area contributed by atoms with E-state index in [2.05, 4.69) is 31.9 Å². The van der Waals surface area contributed by atoms with E-state index in [1.807, 2.05) is 12.1 Å². The predicted octanol–water partition coefficient (Wildman–Crippen LogP) is 4.30. The van der Waals surface area contributed by atoms with Crippen LogP contribution in [0.1, 0.15) is 5.56 Å². The van der Waals surface area contributed by atoms with Crippen molar-refractivity contribution in [1.29, 1.82) is 5.41 Å². The number of nitrogen functional groups attached to an aromatic ring is 1. The lowest BCUT2D eigenvalue weighted by atomic mass is 10.2. The topological polar surface area (TPSA) is 68.3 Å². The van der Waals surface area contributed by atoms with E-state index in [-0.39, 0.29) is 5.84 Å². The Kier molecular flexibility index (Phi) is 4.67. The summed E-state index contributed by atoms with van der Waals surface area (Å²) in [6.45, 7) is 0. The molecule has 0 aliphatic rings. The van der Waals surface area contributed by atoms with E-state index >= 15 is 0 Å². The zero-order chi connectivity index (χ0) is 14.7. The number of benzene rings is 2. The van der Waals surface area contributed by atoms with Crippen LogP contribution in [0.4, 0.5) is 0 Å². The smallest absolute Gasteiger partial charge is 0.141 e. The lowest BCUT2D eigenvalue weighted by Gasteiger charge is -2.12. The quantitative estimate of drug-likeness (QED) is 0.594. The molecule has 0 aliphatic carbocycles. The molecule has 0 saturated carbocycles. The van der Waals surface area contributed by atoms with Gasteiger partial charge in [-0.2, -0.15) is 0 Å². The molecule has 2 aromatic rings. The molecule has 0 saturated heterocycles. The molecule has 2 rings (SSSR count). The van der Waals surface area contributed by atoms with Gasteiger partial charge >= 0.3 is 0 Å². The van der Waals surface area contributed by atoms with E-state index in [9.17, 15) is 0 Å². The van der Waals surface area contributed by atoms with Crippen LogP contribution in [-0.2, 0) is 0 Å². The van der Waals surface area contributed by atoms with Crippen LogP contribution in [0.3, 0.4) is 0 Å². The molecule has 20 heavy (non-hydrogen) atoms. The summed E-state index contributed by atoms with van der Waals surface area (Å²) < 4.78 is 12.5. The first kappa shape index (κ1) is 14.9. The number of nitrogens with two attached hydrogens (primary N) is 1. The Hall–Kier alpha value is -1.53. The molecule has 0 fully saturated rings. The maximum atomic E-state index is 7.60. The number of hydrogen-bond acceptors (Lipinski definition) is 3. The Morgan fingerprint density at radius 3 is 2.40 bits per heavy atom. The van der Waals surface area contributed by atoms with E-state index < -0.39 is 0 Å². The predicted molar refractivity (Wildman–Crippen MR) is 85.9 cm³/mol. The van der Waals surface area contributed by atoms with Gasteiger partial charge in [-0.25, -0.2) is 0 Å². The molecular weight excluding hydrogens is 388 g/mol. The molecule has 3 N–H and O–H groups in total. The fourth-order valence-electron chi connectivity index (χ4n) is 1.61. The molecule has 2 aromatic carbocycles. The van der Waals surface area contributed by atoms with Gasteiger partial charge < -0.3 is 15.2 Å². The molecule has 0 aliphatic heterocycles. The monoisotopic (exact) mass is 398 g/mol. The first-order chi connectivity index (χ1) is 9.51. The van der Waals surface area contributed by atoms with Crippen molar-refractivity contribution in [3.05, 3.63) is 50.9 Å². The Labute approximate surface area is 133 Å². The van der Waals surface area contributed by atoms with E-state index in [4.69, 9.17) is 20.6 Å². The summed E-state index contributed by atoms with van der Waals surface area (Å²) in [5.41, 5.74) is 6.10. The molecule has 0 aromatic heterocycles. The van der Waals surface area contributed by atoms with Crippen LogP contribution in [0, 0.1) is 5.41 Å². The highest BCUT2D eigenvalue weighted by Crippen LogP contribution is 2.34.